The molecule has 0 aromatic rings. The first kappa shape index (κ1) is 7.96. The lowest BCUT2D eigenvalue weighted by Gasteiger charge is -2.36. The second kappa shape index (κ2) is 2.68. The minimum Gasteiger partial charge on any atom is -0.299 e. The van der Waals surface area contributed by atoms with Crippen molar-refractivity contribution >= 4 is 11.6 Å². The van der Waals surface area contributed by atoms with Crippen molar-refractivity contribution in [3.63, 3.8) is 0 Å². The minimum absolute atomic E-state index is 0.198. The highest BCUT2D eigenvalue weighted by Crippen LogP contribution is 2.38. The number of fused-ring (bicyclic) bond motifs is 2. The molecule has 2 saturated carbocycles. The van der Waals surface area contributed by atoms with E-state index in [9.17, 15) is 9.59 Å². The first-order chi connectivity index (χ1) is 5.70. The predicted molar refractivity (Wildman–Crippen MR) is 44.6 cm³/mol. The maximum Gasteiger partial charge on any atom is 0.146 e. The topological polar surface area (TPSA) is 34.1 Å². The third-order valence-corrected chi connectivity index (χ3v) is 3.32. The number of hydrogen-bond acceptors (Lipinski definition) is 2. The minimum atomic E-state index is -0.208. The molecular weight excluding hydrogens is 152 g/mol. The van der Waals surface area contributed by atoms with Gasteiger partial charge in [-0.2, -0.15) is 0 Å². The summed E-state index contributed by atoms with van der Waals surface area (Å²) >= 11 is 0. The summed E-state index contributed by atoms with van der Waals surface area (Å²) in [6, 6.07) is 0. The van der Waals surface area contributed by atoms with Crippen molar-refractivity contribution in [2.24, 2.45) is 17.8 Å². The van der Waals surface area contributed by atoms with Crippen molar-refractivity contribution in [2.75, 3.05) is 0 Å². The molecule has 3 atom stereocenters. The Morgan fingerprint density at radius 1 is 1.25 bits per heavy atom. The summed E-state index contributed by atoms with van der Waals surface area (Å²) in [6.45, 7) is 2.03. The maximum absolute atomic E-state index is 11.6. The molecule has 0 amide bonds. The zero-order valence-corrected chi connectivity index (χ0v) is 7.38. The molecule has 0 N–H and O–H groups in total. The highest BCUT2D eigenvalue weighted by atomic mass is 16.2. The Labute approximate surface area is 72.3 Å². The van der Waals surface area contributed by atoms with E-state index in [0.717, 1.165) is 19.3 Å². The first-order valence-corrected chi connectivity index (χ1v) is 4.76. The average Bonchev–Trinajstić information content (AvgIpc) is 2.01. The zero-order chi connectivity index (χ0) is 8.72. The van der Waals surface area contributed by atoms with Crippen LogP contribution in [0.2, 0.25) is 0 Å². The Balaban J connectivity index is 2.26. The molecule has 3 unspecified atom stereocenters. The van der Waals surface area contributed by atoms with E-state index in [1.165, 1.54) is 0 Å². The van der Waals surface area contributed by atoms with Gasteiger partial charge in [-0.05, 0) is 18.8 Å². The van der Waals surface area contributed by atoms with Crippen LogP contribution >= 0.6 is 0 Å². The van der Waals surface area contributed by atoms with Crippen LogP contribution in [0, 0.1) is 17.8 Å². The Hall–Kier alpha value is -0.660. The maximum atomic E-state index is 11.6. The lowest BCUT2D eigenvalue weighted by atomic mass is 9.66. The SMILES string of the molecule is CC1CC(=O)C2CCCC1C2=O. The lowest BCUT2D eigenvalue weighted by Crippen LogP contribution is -2.43. The van der Waals surface area contributed by atoms with E-state index in [0.29, 0.717) is 12.3 Å². The van der Waals surface area contributed by atoms with E-state index in [1.807, 2.05) is 6.92 Å². The van der Waals surface area contributed by atoms with E-state index in [4.69, 9.17) is 0 Å². The molecule has 0 aromatic heterocycles. The summed E-state index contributed by atoms with van der Waals surface area (Å²) in [6.07, 6.45) is 3.54. The summed E-state index contributed by atoms with van der Waals surface area (Å²) in [4.78, 5) is 23.0. The number of rotatable bonds is 0. The average molecular weight is 166 g/mol. The molecule has 0 radical (unpaired) electrons. The van der Waals surface area contributed by atoms with Crippen LogP contribution in [0.3, 0.4) is 0 Å². The van der Waals surface area contributed by atoms with Gasteiger partial charge in [0.05, 0.1) is 5.92 Å². The Kier molecular flexibility index (Phi) is 1.78. The fraction of sp³-hybridized carbons (Fsp3) is 0.800. The van der Waals surface area contributed by atoms with E-state index >= 15 is 0 Å². The monoisotopic (exact) mass is 166 g/mol. The molecule has 2 aliphatic carbocycles. The van der Waals surface area contributed by atoms with Gasteiger partial charge >= 0.3 is 0 Å². The van der Waals surface area contributed by atoms with Gasteiger partial charge in [0.25, 0.3) is 0 Å². The van der Waals surface area contributed by atoms with Gasteiger partial charge in [-0.3, -0.25) is 9.59 Å². The van der Waals surface area contributed by atoms with Gasteiger partial charge in [0.15, 0.2) is 0 Å². The molecule has 0 heterocycles. The highest BCUT2D eigenvalue weighted by Gasteiger charge is 2.43. The molecule has 0 aromatic carbocycles. The Bertz CT molecular complexity index is 232. The lowest BCUT2D eigenvalue weighted by molar-refractivity contribution is -0.144. The normalized spacial score (nSPS) is 41.6. The van der Waals surface area contributed by atoms with Gasteiger partial charge in [0, 0.05) is 12.3 Å². The van der Waals surface area contributed by atoms with Crippen LogP contribution in [0.1, 0.15) is 32.6 Å². The molecule has 2 aliphatic rings. The van der Waals surface area contributed by atoms with Crippen LogP contribution in [-0.2, 0) is 9.59 Å². The molecule has 0 aliphatic heterocycles. The summed E-state index contributed by atoms with van der Waals surface area (Å²) in [5.74, 6) is 0.747. The molecule has 66 valence electrons. The second-order valence-electron chi connectivity index (χ2n) is 4.14. The number of ketones is 2. The summed E-state index contributed by atoms with van der Waals surface area (Å²) < 4.78 is 0. The molecule has 0 saturated heterocycles. The highest BCUT2D eigenvalue weighted by molar-refractivity contribution is 6.06. The quantitative estimate of drug-likeness (QED) is 0.512. The number of Topliss-reactive ketones (excluding diaryl/α,β-unsaturated/α-hetero) is 2. The van der Waals surface area contributed by atoms with Gasteiger partial charge in [-0.25, -0.2) is 0 Å². The van der Waals surface area contributed by atoms with Gasteiger partial charge in [-0.15, -0.1) is 0 Å². The van der Waals surface area contributed by atoms with Crippen molar-refractivity contribution in [3.8, 4) is 0 Å². The standard InChI is InChI=1S/C10H14O2/c1-6-5-9(11)8-4-2-3-7(6)10(8)12/h6-8H,2-5H2,1H3. The van der Waals surface area contributed by atoms with Crippen molar-refractivity contribution in [1.29, 1.82) is 0 Å². The van der Waals surface area contributed by atoms with Crippen molar-refractivity contribution in [1.82, 2.24) is 0 Å². The number of hydrogen-bond donors (Lipinski definition) is 0. The molecule has 12 heavy (non-hydrogen) atoms. The summed E-state index contributed by atoms with van der Waals surface area (Å²) in [7, 11) is 0. The third-order valence-electron chi connectivity index (χ3n) is 3.32. The molecule has 2 bridgehead atoms. The van der Waals surface area contributed by atoms with Crippen molar-refractivity contribution in [2.45, 2.75) is 32.6 Å². The van der Waals surface area contributed by atoms with E-state index < -0.39 is 0 Å². The van der Waals surface area contributed by atoms with E-state index in [1.54, 1.807) is 0 Å². The van der Waals surface area contributed by atoms with E-state index in [-0.39, 0.29) is 23.4 Å². The molecule has 2 heteroatoms. The van der Waals surface area contributed by atoms with Crippen LogP contribution in [-0.4, -0.2) is 11.6 Å². The van der Waals surface area contributed by atoms with Crippen LogP contribution < -0.4 is 0 Å². The van der Waals surface area contributed by atoms with Crippen molar-refractivity contribution in [3.05, 3.63) is 0 Å². The number of carbonyl (C=O) groups excluding carboxylic acids is 2. The molecule has 0 spiro atoms. The van der Waals surface area contributed by atoms with Crippen LogP contribution in [0.4, 0.5) is 0 Å². The third kappa shape index (κ3) is 1.01. The van der Waals surface area contributed by atoms with Crippen molar-refractivity contribution < 1.29 is 9.59 Å². The van der Waals surface area contributed by atoms with Crippen LogP contribution in [0.15, 0.2) is 0 Å². The fourth-order valence-corrected chi connectivity index (χ4v) is 2.57. The fourth-order valence-electron chi connectivity index (χ4n) is 2.57. The smallest absolute Gasteiger partial charge is 0.146 e. The second-order valence-corrected chi connectivity index (χ2v) is 4.14. The summed E-state index contributed by atoms with van der Waals surface area (Å²) in [5.41, 5.74) is 0. The molecule has 2 nitrogen and oxygen atoms in total. The van der Waals surface area contributed by atoms with Crippen LogP contribution in [0.5, 0.6) is 0 Å². The Morgan fingerprint density at radius 2 is 2.00 bits per heavy atom. The Morgan fingerprint density at radius 3 is 2.75 bits per heavy atom. The van der Waals surface area contributed by atoms with Gasteiger partial charge in [-0.1, -0.05) is 13.3 Å². The first-order valence-electron chi connectivity index (χ1n) is 4.76. The van der Waals surface area contributed by atoms with Gasteiger partial charge in [0.2, 0.25) is 0 Å². The van der Waals surface area contributed by atoms with Crippen LogP contribution in [0.25, 0.3) is 0 Å². The molecule has 2 fully saturated rings. The summed E-state index contributed by atoms with van der Waals surface area (Å²) in [5, 5.41) is 0. The zero-order valence-electron chi connectivity index (χ0n) is 7.38. The predicted octanol–water partition coefficient (Wildman–Crippen LogP) is 1.58. The molecule has 2 rings (SSSR count). The number of carbonyl (C=O) groups is 2. The largest absolute Gasteiger partial charge is 0.299 e. The van der Waals surface area contributed by atoms with E-state index in [2.05, 4.69) is 0 Å². The van der Waals surface area contributed by atoms with Gasteiger partial charge in [0.1, 0.15) is 11.6 Å². The van der Waals surface area contributed by atoms with Gasteiger partial charge < -0.3 is 0 Å². The molecular formula is C10H14O2.